The van der Waals surface area contributed by atoms with Crippen molar-refractivity contribution in [2.24, 2.45) is 21.7 Å². The maximum atomic E-state index is 15.1. The van der Waals surface area contributed by atoms with Crippen LogP contribution in [0.4, 0.5) is 0 Å². The summed E-state index contributed by atoms with van der Waals surface area (Å²) in [4.78, 5) is 60.3. The standard InChI is InChI=1S/C38H44O10/c1-9-43-27(39)35-25(23-19-15-13-16-20-23)36(28(40)44-10-2)33(7)38(30(42)46-12-4)26(24-21-17-14-18-22-24)37(29(41)45-11-3,31(35,5)47-33)32(35,6)48-34(36,38)8/h13-22,25-26H,9-12H2,1-8H3. The van der Waals surface area contributed by atoms with Gasteiger partial charge in [0.1, 0.15) is 44.1 Å². The zero-order valence-electron chi connectivity index (χ0n) is 28.8. The molecule has 2 aliphatic carbocycles. The Morgan fingerprint density at radius 1 is 0.479 bits per heavy atom. The Morgan fingerprint density at radius 3 is 0.917 bits per heavy atom. The highest BCUT2D eigenvalue weighted by Gasteiger charge is 3.16. The maximum Gasteiger partial charge on any atom is 0.318 e. The largest absolute Gasteiger partial charge is 0.465 e. The summed E-state index contributed by atoms with van der Waals surface area (Å²) < 4.78 is 38.5. The molecule has 0 radical (unpaired) electrons. The van der Waals surface area contributed by atoms with Gasteiger partial charge < -0.3 is 28.4 Å². The van der Waals surface area contributed by atoms with E-state index in [4.69, 9.17) is 28.4 Å². The molecule has 2 aromatic carbocycles. The molecule has 6 fully saturated rings. The lowest BCUT2D eigenvalue weighted by molar-refractivity contribution is -0.625. The van der Waals surface area contributed by atoms with Crippen LogP contribution < -0.4 is 0 Å². The lowest BCUT2D eigenvalue weighted by Gasteiger charge is -2.99. The zero-order valence-corrected chi connectivity index (χ0v) is 28.8. The van der Waals surface area contributed by atoms with E-state index < -0.39 is 79.8 Å². The highest BCUT2D eigenvalue weighted by atomic mass is 16.6. The molecular formula is C38H44O10. The Bertz CT molecular complexity index is 1470. The van der Waals surface area contributed by atoms with E-state index in [1.165, 1.54) is 0 Å². The maximum absolute atomic E-state index is 15.1. The van der Waals surface area contributed by atoms with Crippen LogP contribution >= 0.6 is 0 Å². The van der Waals surface area contributed by atoms with Gasteiger partial charge in [0.2, 0.25) is 0 Å². The third-order valence-corrected chi connectivity index (χ3v) is 13.2. The molecule has 4 saturated heterocycles. The molecule has 0 spiro atoms. The molecule has 0 N–H and O–H groups in total. The first kappa shape index (κ1) is 32.8. The third-order valence-electron chi connectivity index (χ3n) is 13.2. The van der Waals surface area contributed by atoms with Crippen molar-refractivity contribution in [1.82, 2.24) is 0 Å². The van der Waals surface area contributed by atoms with Gasteiger partial charge >= 0.3 is 23.9 Å². The molecule has 8 bridgehead atoms. The Kier molecular flexibility index (Phi) is 6.76. The number of carbonyl (C=O) groups excluding carboxylic acids is 4. The van der Waals surface area contributed by atoms with Gasteiger partial charge in [-0.05, 0) is 66.5 Å². The second-order valence-electron chi connectivity index (χ2n) is 14.1. The molecule has 0 amide bonds. The fraction of sp³-hybridized carbons (Fsp3) is 0.579. The van der Waals surface area contributed by atoms with Crippen molar-refractivity contribution in [3.8, 4) is 0 Å². The highest BCUT2D eigenvalue weighted by molar-refractivity contribution is 6.05. The molecule has 6 aliphatic rings. The molecule has 10 heteroatoms. The molecule has 4 heterocycles. The van der Waals surface area contributed by atoms with Gasteiger partial charge in [0.05, 0.1) is 26.4 Å². The van der Waals surface area contributed by atoms with E-state index in [0.717, 1.165) is 0 Å². The Morgan fingerprint density at radius 2 is 0.708 bits per heavy atom. The molecule has 48 heavy (non-hydrogen) atoms. The van der Waals surface area contributed by atoms with Crippen LogP contribution in [0.3, 0.4) is 0 Å². The predicted octanol–water partition coefficient (Wildman–Crippen LogP) is 4.89. The second-order valence-corrected chi connectivity index (χ2v) is 14.1. The fourth-order valence-electron chi connectivity index (χ4n) is 12.6. The van der Waals surface area contributed by atoms with Crippen LogP contribution in [0.5, 0.6) is 0 Å². The third kappa shape index (κ3) is 2.66. The minimum absolute atomic E-state index is 0.0243. The van der Waals surface area contributed by atoms with Crippen LogP contribution in [0, 0.1) is 21.7 Å². The van der Waals surface area contributed by atoms with Crippen LogP contribution in [-0.2, 0) is 47.6 Å². The molecule has 10 nitrogen and oxygen atoms in total. The van der Waals surface area contributed by atoms with E-state index in [2.05, 4.69) is 0 Å². The molecule has 0 atom stereocenters. The normalized spacial score (nSPS) is 43.8. The van der Waals surface area contributed by atoms with E-state index in [9.17, 15) is 0 Å². The minimum atomic E-state index is -1.79. The average molecular weight is 661 g/mol. The quantitative estimate of drug-likeness (QED) is 0.257. The molecule has 0 aromatic heterocycles. The number of hydrogen-bond acceptors (Lipinski definition) is 10. The first-order valence-corrected chi connectivity index (χ1v) is 17.0. The number of hydrogen-bond donors (Lipinski definition) is 0. The van der Waals surface area contributed by atoms with E-state index in [0.29, 0.717) is 11.1 Å². The van der Waals surface area contributed by atoms with Gasteiger partial charge in [-0.15, -0.1) is 0 Å². The molecule has 2 aromatic rings. The van der Waals surface area contributed by atoms with Crippen LogP contribution in [-0.4, -0.2) is 72.7 Å². The van der Waals surface area contributed by atoms with Crippen molar-refractivity contribution in [1.29, 1.82) is 0 Å². The Labute approximate surface area is 280 Å². The van der Waals surface area contributed by atoms with Crippen LogP contribution in [0.15, 0.2) is 60.7 Å². The Hall–Kier alpha value is -3.76. The highest BCUT2D eigenvalue weighted by Crippen LogP contribution is 3.02. The van der Waals surface area contributed by atoms with Crippen molar-refractivity contribution in [2.75, 3.05) is 26.4 Å². The Balaban J connectivity index is 1.74. The zero-order chi connectivity index (χ0) is 34.8. The van der Waals surface area contributed by atoms with Gasteiger partial charge in [-0.25, -0.2) is 0 Å². The van der Waals surface area contributed by atoms with Gasteiger partial charge in [0, 0.05) is 11.8 Å². The number of carbonyl (C=O) groups is 4. The van der Waals surface area contributed by atoms with E-state index in [1.807, 2.05) is 60.7 Å². The summed E-state index contributed by atoms with van der Waals surface area (Å²) >= 11 is 0. The molecule has 2 saturated carbocycles. The summed E-state index contributed by atoms with van der Waals surface area (Å²) in [6.45, 7) is 13.8. The van der Waals surface area contributed by atoms with Gasteiger partial charge in [-0.3, -0.25) is 19.2 Å². The van der Waals surface area contributed by atoms with E-state index in [1.54, 1.807) is 55.4 Å². The topological polar surface area (TPSA) is 124 Å². The molecule has 8 rings (SSSR count). The van der Waals surface area contributed by atoms with Crippen molar-refractivity contribution in [2.45, 2.75) is 89.6 Å². The van der Waals surface area contributed by atoms with Gasteiger partial charge in [-0.2, -0.15) is 0 Å². The molecular weight excluding hydrogens is 616 g/mol. The summed E-state index contributed by atoms with van der Waals surface area (Å²) in [5.41, 5.74) is -12.8. The van der Waals surface area contributed by atoms with Gasteiger partial charge in [-0.1, -0.05) is 60.7 Å². The first-order valence-electron chi connectivity index (χ1n) is 17.0. The van der Waals surface area contributed by atoms with E-state index >= 15 is 19.2 Å². The summed E-state index contributed by atoms with van der Waals surface area (Å²) in [7, 11) is 0. The predicted molar refractivity (Wildman–Crippen MR) is 170 cm³/mol. The van der Waals surface area contributed by atoms with Crippen molar-refractivity contribution >= 4 is 23.9 Å². The summed E-state index contributed by atoms with van der Waals surface area (Å²) in [5.74, 6) is -4.70. The van der Waals surface area contributed by atoms with E-state index in [-0.39, 0.29) is 26.4 Å². The molecule has 256 valence electrons. The monoisotopic (exact) mass is 660 g/mol. The summed E-state index contributed by atoms with van der Waals surface area (Å²) in [6, 6.07) is 18.5. The molecule has 4 aliphatic heterocycles. The lowest BCUT2D eigenvalue weighted by atomic mass is 9.09. The lowest BCUT2D eigenvalue weighted by Crippen LogP contribution is -3.14. The number of ether oxygens (including phenoxy) is 6. The van der Waals surface area contributed by atoms with Gasteiger partial charge in [0.15, 0.2) is 0 Å². The van der Waals surface area contributed by atoms with Crippen molar-refractivity contribution in [3.05, 3.63) is 71.8 Å². The number of esters is 4. The van der Waals surface area contributed by atoms with Crippen LogP contribution in [0.25, 0.3) is 0 Å². The molecule has 0 unspecified atom stereocenters. The summed E-state index contributed by atoms with van der Waals surface area (Å²) in [5, 5.41) is 0. The van der Waals surface area contributed by atoms with Crippen LogP contribution in [0.1, 0.15) is 78.4 Å². The first-order chi connectivity index (χ1) is 22.8. The van der Waals surface area contributed by atoms with Crippen LogP contribution in [0.2, 0.25) is 0 Å². The average Bonchev–Trinajstić information content (AvgIpc) is 3.04. The number of rotatable bonds is 10. The second kappa shape index (κ2) is 9.91. The van der Waals surface area contributed by atoms with Gasteiger partial charge in [0.25, 0.3) is 0 Å². The van der Waals surface area contributed by atoms with Crippen molar-refractivity contribution in [3.63, 3.8) is 0 Å². The number of benzene rings is 2. The van der Waals surface area contributed by atoms with Crippen molar-refractivity contribution < 1.29 is 47.6 Å². The smallest absolute Gasteiger partial charge is 0.318 e. The SMILES string of the molecule is CCOC(=O)C12C(c3ccccc3)C3(C(=O)OCC)C4(C)OC1(C)C1(C(=O)OCC)C(c5ccccc5)C4(C(=O)OCC)C3(C)OC21C. The summed E-state index contributed by atoms with van der Waals surface area (Å²) in [6.07, 6.45) is 0. The minimum Gasteiger partial charge on any atom is -0.465 e. The fourth-order valence-corrected chi connectivity index (χ4v) is 12.6.